The predicted octanol–water partition coefficient (Wildman–Crippen LogP) is 1.41. The maximum atomic E-state index is 12.5. The molecule has 2 aliphatic rings. The van der Waals surface area contributed by atoms with Crippen molar-refractivity contribution >= 4 is 11.8 Å². The first-order valence-corrected chi connectivity index (χ1v) is 8.01. The van der Waals surface area contributed by atoms with Gasteiger partial charge in [-0.25, -0.2) is 0 Å². The summed E-state index contributed by atoms with van der Waals surface area (Å²) in [5, 5.41) is 3.06. The number of nitrogens with zero attached hydrogens (tertiary/aromatic N) is 1. The lowest BCUT2D eigenvalue weighted by molar-refractivity contribution is -0.131. The monoisotopic (exact) mass is 295 g/mol. The Morgan fingerprint density at radius 1 is 1.38 bits per heavy atom. The minimum Gasteiger partial charge on any atom is -0.351 e. The van der Waals surface area contributed by atoms with Gasteiger partial charge in [0.2, 0.25) is 11.8 Å². The highest BCUT2D eigenvalue weighted by Gasteiger charge is 2.41. The van der Waals surface area contributed by atoms with Gasteiger partial charge in [-0.1, -0.05) is 12.8 Å². The van der Waals surface area contributed by atoms with E-state index in [4.69, 9.17) is 5.73 Å². The highest BCUT2D eigenvalue weighted by atomic mass is 16.2. The Labute approximate surface area is 127 Å². The van der Waals surface area contributed by atoms with Gasteiger partial charge in [-0.2, -0.15) is 0 Å². The van der Waals surface area contributed by atoms with Crippen LogP contribution in [0.1, 0.15) is 59.8 Å². The molecule has 0 bridgehead atoms. The molecule has 3 unspecified atom stereocenters. The summed E-state index contributed by atoms with van der Waals surface area (Å²) in [6.07, 6.45) is 4.29. The molecule has 2 amide bonds. The highest BCUT2D eigenvalue weighted by Crippen LogP contribution is 2.32. The topological polar surface area (TPSA) is 75.4 Å². The summed E-state index contributed by atoms with van der Waals surface area (Å²) in [6, 6.07) is -0.0815. The van der Waals surface area contributed by atoms with Crippen molar-refractivity contribution in [1.29, 1.82) is 0 Å². The maximum Gasteiger partial charge on any atom is 0.225 e. The quantitative estimate of drug-likeness (QED) is 0.809. The highest BCUT2D eigenvalue weighted by molar-refractivity contribution is 5.84. The molecule has 5 heteroatoms. The van der Waals surface area contributed by atoms with E-state index in [2.05, 4.69) is 5.32 Å². The zero-order valence-electron chi connectivity index (χ0n) is 13.7. The Bertz CT molecular complexity index is 426. The Hall–Kier alpha value is -1.10. The molecular weight excluding hydrogens is 266 g/mol. The molecule has 21 heavy (non-hydrogen) atoms. The standard InChI is InChI=1S/C16H29N3O2/c1-15(2,3)19-10-11(9-13(19)20)18-14(21)12-7-5-6-8-16(12,4)17/h11-12H,5-10,17H2,1-4H3,(H,18,21). The van der Waals surface area contributed by atoms with Gasteiger partial charge in [0.1, 0.15) is 0 Å². The van der Waals surface area contributed by atoms with Crippen molar-refractivity contribution < 1.29 is 9.59 Å². The molecule has 0 aromatic heterocycles. The van der Waals surface area contributed by atoms with E-state index in [-0.39, 0.29) is 29.3 Å². The average Bonchev–Trinajstić information content (AvgIpc) is 2.69. The molecule has 2 fully saturated rings. The van der Waals surface area contributed by atoms with Crippen LogP contribution in [0, 0.1) is 5.92 Å². The van der Waals surface area contributed by atoms with Gasteiger partial charge in [0.25, 0.3) is 0 Å². The summed E-state index contributed by atoms with van der Waals surface area (Å²) in [5.41, 5.74) is 5.67. The summed E-state index contributed by atoms with van der Waals surface area (Å²) in [4.78, 5) is 26.4. The van der Waals surface area contributed by atoms with E-state index in [1.807, 2.05) is 32.6 Å². The van der Waals surface area contributed by atoms with Gasteiger partial charge >= 0.3 is 0 Å². The Morgan fingerprint density at radius 3 is 2.57 bits per heavy atom. The number of likely N-dealkylation sites (tertiary alicyclic amines) is 1. The fourth-order valence-electron chi connectivity index (χ4n) is 3.54. The number of carbonyl (C=O) groups is 2. The molecule has 0 spiro atoms. The second-order valence-electron chi connectivity index (χ2n) is 7.89. The molecule has 1 aliphatic carbocycles. The number of hydrogen-bond acceptors (Lipinski definition) is 3. The van der Waals surface area contributed by atoms with Gasteiger partial charge in [-0.05, 0) is 40.5 Å². The van der Waals surface area contributed by atoms with Gasteiger partial charge in [-0.15, -0.1) is 0 Å². The first-order chi connectivity index (χ1) is 9.61. The molecule has 3 atom stereocenters. The number of carbonyl (C=O) groups excluding carboxylic acids is 2. The number of nitrogens with one attached hydrogen (secondary N) is 1. The lowest BCUT2D eigenvalue weighted by atomic mass is 9.74. The van der Waals surface area contributed by atoms with Crippen molar-refractivity contribution in [1.82, 2.24) is 10.2 Å². The van der Waals surface area contributed by atoms with E-state index < -0.39 is 5.54 Å². The van der Waals surface area contributed by atoms with E-state index in [0.29, 0.717) is 13.0 Å². The van der Waals surface area contributed by atoms with Crippen LogP contribution in [-0.2, 0) is 9.59 Å². The zero-order valence-corrected chi connectivity index (χ0v) is 13.7. The maximum absolute atomic E-state index is 12.5. The SMILES string of the molecule is CC1(N)CCCCC1C(=O)NC1CC(=O)N(C(C)(C)C)C1. The summed E-state index contributed by atoms with van der Waals surface area (Å²) >= 11 is 0. The smallest absolute Gasteiger partial charge is 0.225 e. The van der Waals surface area contributed by atoms with Gasteiger partial charge in [0.15, 0.2) is 0 Å². The molecule has 1 saturated heterocycles. The third kappa shape index (κ3) is 3.57. The molecule has 1 saturated carbocycles. The van der Waals surface area contributed by atoms with Crippen molar-refractivity contribution in [2.45, 2.75) is 76.9 Å². The number of rotatable bonds is 2. The third-order valence-corrected chi connectivity index (χ3v) is 4.85. The summed E-state index contributed by atoms with van der Waals surface area (Å²) in [5.74, 6) is 0.00486. The van der Waals surface area contributed by atoms with Crippen LogP contribution in [0.5, 0.6) is 0 Å². The van der Waals surface area contributed by atoms with Gasteiger partial charge < -0.3 is 16.0 Å². The average molecular weight is 295 g/mol. The van der Waals surface area contributed by atoms with Crippen LogP contribution in [0.2, 0.25) is 0 Å². The largest absolute Gasteiger partial charge is 0.351 e. The molecule has 1 heterocycles. The van der Waals surface area contributed by atoms with E-state index in [1.165, 1.54) is 0 Å². The van der Waals surface area contributed by atoms with Crippen LogP contribution in [0.3, 0.4) is 0 Å². The normalized spacial score (nSPS) is 34.1. The lowest BCUT2D eigenvalue weighted by Gasteiger charge is -2.38. The second-order valence-corrected chi connectivity index (χ2v) is 7.89. The Balaban J connectivity index is 1.96. The van der Waals surface area contributed by atoms with Gasteiger partial charge in [0, 0.05) is 24.0 Å². The number of nitrogens with two attached hydrogens (primary N) is 1. The summed E-state index contributed by atoms with van der Waals surface area (Å²) < 4.78 is 0. The number of hydrogen-bond donors (Lipinski definition) is 2. The molecule has 5 nitrogen and oxygen atoms in total. The van der Waals surface area contributed by atoms with Crippen LogP contribution in [-0.4, -0.2) is 40.4 Å². The van der Waals surface area contributed by atoms with Gasteiger partial charge in [-0.3, -0.25) is 9.59 Å². The molecule has 0 radical (unpaired) electrons. The molecule has 1 aliphatic heterocycles. The summed E-state index contributed by atoms with van der Waals surface area (Å²) in [6.45, 7) is 8.63. The van der Waals surface area contributed by atoms with E-state index in [9.17, 15) is 9.59 Å². The fraction of sp³-hybridized carbons (Fsp3) is 0.875. The molecule has 3 N–H and O–H groups in total. The second kappa shape index (κ2) is 5.59. The van der Waals surface area contributed by atoms with Crippen LogP contribution >= 0.6 is 0 Å². The first-order valence-electron chi connectivity index (χ1n) is 8.01. The van der Waals surface area contributed by atoms with Crippen molar-refractivity contribution in [3.05, 3.63) is 0 Å². The minimum atomic E-state index is -0.422. The Kier molecular flexibility index (Phi) is 4.34. The predicted molar refractivity (Wildman–Crippen MR) is 82.6 cm³/mol. The molecule has 120 valence electrons. The third-order valence-electron chi connectivity index (χ3n) is 4.85. The number of amides is 2. The minimum absolute atomic E-state index is 0.0215. The van der Waals surface area contributed by atoms with Crippen LogP contribution < -0.4 is 11.1 Å². The van der Waals surface area contributed by atoms with Crippen LogP contribution in [0.15, 0.2) is 0 Å². The Morgan fingerprint density at radius 2 is 2.05 bits per heavy atom. The lowest BCUT2D eigenvalue weighted by Crippen LogP contribution is -2.54. The molecule has 0 aromatic rings. The van der Waals surface area contributed by atoms with Crippen molar-refractivity contribution in [2.24, 2.45) is 11.7 Å². The van der Waals surface area contributed by atoms with E-state index >= 15 is 0 Å². The molecule has 2 rings (SSSR count). The van der Waals surface area contributed by atoms with Crippen LogP contribution in [0.4, 0.5) is 0 Å². The van der Waals surface area contributed by atoms with Crippen molar-refractivity contribution in [3.63, 3.8) is 0 Å². The molecular formula is C16H29N3O2. The zero-order chi connectivity index (χ0) is 15.8. The van der Waals surface area contributed by atoms with E-state index in [1.54, 1.807) is 0 Å². The fourth-order valence-corrected chi connectivity index (χ4v) is 3.54. The van der Waals surface area contributed by atoms with Gasteiger partial charge in [0.05, 0.1) is 12.0 Å². The first kappa shape index (κ1) is 16.3. The van der Waals surface area contributed by atoms with Crippen LogP contribution in [0.25, 0.3) is 0 Å². The van der Waals surface area contributed by atoms with Crippen molar-refractivity contribution in [3.8, 4) is 0 Å². The summed E-state index contributed by atoms with van der Waals surface area (Å²) in [7, 11) is 0. The van der Waals surface area contributed by atoms with Crippen molar-refractivity contribution in [2.75, 3.05) is 6.54 Å². The molecule has 0 aromatic carbocycles. The van der Waals surface area contributed by atoms with E-state index in [0.717, 1.165) is 25.7 Å².